The van der Waals surface area contributed by atoms with Gasteiger partial charge in [0.15, 0.2) is 0 Å². The number of hydrogen-bond acceptors (Lipinski definition) is 8. The molecule has 0 bridgehead atoms. The molecule has 9 heteroatoms. The monoisotopic (exact) mass is 386 g/mol. The van der Waals surface area contributed by atoms with E-state index in [4.69, 9.17) is 16.2 Å². The molecule has 2 fully saturated rings. The molecule has 0 radical (unpaired) electrons. The van der Waals surface area contributed by atoms with Crippen molar-refractivity contribution in [2.45, 2.75) is 37.8 Å². The van der Waals surface area contributed by atoms with Crippen LogP contribution in [0, 0.1) is 0 Å². The van der Waals surface area contributed by atoms with Crippen molar-refractivity contribution in [1.29, 1.82) is 0 Å². The minimum Gasteiger partial charge on any atom is -0.478 e. The number of carboxylic acids is 1. The average molecular weight is 386 g/mol. The molecule has 28 heavy (non-hydrogen) atoms. The third-order valence-electron chi connectivity index (χ3n) is 5.68. The van der Waals surface area contributed by atoms with Crippen LogP contribution in [0.3, 0.4) is 0 Å². The quantitative estimate of drug-likeness (QED) is 0.714. The fraction of sp³-hybridized carbons (Fsp3) is 0.526. The second kappa shape index (κ2) is 7.31. The maximum atomic E-state index is 12.0. The van der Waals surface area contributed by atoms with Crippen LogP contribution >= 0.6 is 0 Å². The van der Waals surface area contributed by atoms with Crippen molar-refractivity contribution in [3.05, 3.63) is 23.8 Å². The number of aliphatic imine (C=N–C) groups is 2. The maximum Gasteiger partial charge on any atom is 0.337 e. The number of carboxylic acid groups (broad SMARTS) is 1. The lowest BCUT2D eigenvalue weighted by atomic mass is 9.87. The van der Waals surface area contributed by atoms with E-state index in [0.29, 0.717) is 18.9 Å². The fourth-order valence-corrected chi connectivity index (χ4v) is 4.37. The molecule has 0 aromatic heterocycles. The minimum atomic E-state index is -1.01. The van der Waals surface area contributed by atoms with E-state index in [0.717, 1.165) is 50.9 Å². The van der Waals surface area contributed by atoms with Gasteiger partial charge in [-0.3, -0.25) is 4.90 Å². The standard InChI is InChI=1S/C19H26N6O3/c20-17-22-18(21)25(19(23-17)6-2-1-3-7-19)15-12-13(4-5-14(15)16(26)27)24-8-10-28-11-9-24/h4-5,12H,1-3,6-11H2,(H,26,27)(H4,20,21,22,23). The van der Waals surface area contributed by atoms with Crippen LogP contribution in [0.4, 0.5) is 11.4 Å². The predicted molar refractivity (Wildman–Crippen MR) is 108 cm³/mol. The molecule has 2 heterocycles. The summed E-state index contributed by atoms with van der Waals surface area (Å²) >= 11 is 0. The molecule has 0 atom stereocenters. The SMILES string of the molecule is NC1=NC2(CCCCC2)N(c2cc(N3CCOCC3)ccc2C(=O)O)C(N)=N1. The van der Waals surface area contributed by atoms with Crippen LogP contribution in [0.5, 0.6) is 0 Å². The Hall–Kier alpha value is -2.81. The van der Waals surface area contributed by atoms with Crippen molar-refractivity contribution >= 4 is 29.3 Å². The number of hydrogen-bond donors (Lipinski definition) is 3. The summed E-state index contributed by atoms with van der Waals surface area (Å²) in [5, 5.41) is 9.82. The minimum absolute atomic E-state index is 0.150. The molecule has 1 saturated heterocycles. The molecule has 1 aromatic rings. The summed E-state index contributed by atoms with van der Waals surface area (Å²) in [6.45, 7) is 2.81. The highest BCUT2D eigenvalue weighted by Crippen LogP contribution is 2.41. The van der Waals surface area contributed by atoms with Crippen LogP contribution < -0.4 is 21.3 Å². The van der Waals surface area contributed by atoms with Crippen LogP contribution in [0.15, 0.2) is 28.2 Å². The maximum absolute atomic E-state index is 12.0. The van der Waals surface area contributed by atoms with Gasteiger partial charge in [0, 0.05) is 18.8 Å². The van der Waals surface area contributed by atoms with Gasteiger partial charge in [-0.2, -0.15) is 4.99 Å². The molecule has 1 aliphatic carbocycles. The molecule has 1 saturated carbocycles. The van der Waals surface area contributed by atoms with E-state index >= 15 is 0 Å². The fourth-order valence-electron chi connectivity index (χ4n) is 4.37. The summed E-state index contributed by atoms with van der Waals surface area (Å²) in [4.78, 5) is 24.8. The molecular weight excluding hydrogens is 360 g/mol. The smallest absolute Gasteiger partial charge is 0.337 e. The second-order valence-corrected chi connectivity index (χ2v) is 7.42. The number of carbonyl (C=O) groups is 1. The summed E-state index contributed by atoms with van der Waals surface area (Å²) in [7, 11) is 0. The number of morpholine rings is 1. The topological polar surface area (TPSA) is 130 Å². The number of nitrogens with two attached hydrogens (primary N) is 2. The predicted octanol–water partition coefficient (Wildman–Crippen LogP) is 1.33. The Bertz CT molecular complexity index is 825. The highest BCUT2D eigenvalue weighted by Gasteiger charge is 2.44. The largest absolute Gasteiger partial charge is 0.478 e. The second-order valence-electron chi connectivity index (χ2n) is 7.42. The Morgan fingerprint density at radius 2 is 1.86 bits per heavy atom. The molecule has 2 aliphatic heterocycles. The first-order valence-corrected chi connectivity index (χ1v) is 9.70. The third-order valence-corrected chi connectivity index (χ3v) is 5.68. The van der Waals surface area contributed by atoms with Crippen molar-refractivity contribution in [2.75, 3.05) is 36.1 Å². The van der Waals surface area contributed by atoms with Gasteiger partial charge in [0.05, 0.1) is 24.5 Å². The molecule has 0 unspecified atom stereocenters. The van der Waals surface area contributed by atoms with Gasteiger partial charge in [0.2, 0.25) is 11.9 Å². The summed E-state index contributed by atoms with van der Waals surface area (Å²) in [6, 6.07) is 5.35. The van der Waals surface area contributed by atoms with Crippen LogP contribution in [0.1, 0.15) is 42.5 Å². The van der Waals surface area contributed by atoms with E-state index in [1.165, 1.54) is 0 Å². The molecule has 3 aliphatic rings. The van der Waals surface area contributed by atoms with E-state index in [1.807, 2.05) is 12.1 Å². The zero-order valence-corrected chi connectivity index (χ0v) is 15.8. The highest BCUT2D eigenvalue weighted by molar-refractivity contribution is 6.09. The van der Waals surface area contributed by atoms with Crippen molar-refractivity contribution in [3.63, 3.8) is 0 Å². The Labute approximate surface area is 163 Å². The first kappa shape index (κ1) is 18.5. The number of nitrogens with zero attached hydrogens (tertiary/aromatic N) is 4. The Morgan fingerprint density at radius 3 is 2.54 bits per heavy atom. The van der Waals surface area contributed by atoms with Crippen molar-refractivity contribution in [3.8, 4) is 0 Å². The Morgan fingerprint density at radius 1 is 1.14 bits per heavy atom. The lowest BCUT2D eigenvalue weighted by Crippen LogP contribution is -2.58. The molecule has 0 amide bonds. The van der Waals surface area contributed by atoms with Gasteiger partial charge in [0.1, 0.15) is 5.66 Å². The van der Waals surface area contributed by atoms with Crippen molar-refractivity contribution in [1.82, 2.24) is 0 Å². The van der Waals surface area contributed by atoms with E-state index in [-0.39, 0.29) is 17.5 Å². The van der Waals surface area contributed by atoms with Gasteiger partial charge in [0.25, 0.3) is 0 Å². The van der Waals surface area contributed by atoms with Gasteiger partial charge >= 0.3 is 5.97 Å². The van der Waals surface area contributed by atoms with Crippen molar-refractivity contribution in [2.24, 2.45) is 21.5 Å². The first-order valence-electron chi connectivity index (χ1n) is 9.70. The average Bonchev–Trinajstić information content (AvgIpc) is 2.68. The summed E-state index contributed by atoms with van der Waals surface area (Å²) in [6.07, 6.45) is 4.58. The van der Waals surface area contributed by atoms with E-state index in [1.54, 1.807) is 11.0 Å². The van der Waals surface area contributed by atoms with Gasteiger partial charge in [-0.1, -0.05) is 6.42 Å². The van der Waals surface area contributed by atoms with E-state index in [9.17, 15) is 9.90 Å². The molecule has 9 nitrogen and oxygen atoms in total. The van der Waals surface area contributed by atoms with Crippen LogP contribution in [0.25, 0.3) is 0 Å². The number of aromatic carboxylic acids is 1. The zero-order chi connectivity index (χ0) is 19.7. The van der Waals surface area contributed by atoms with Gasteiger partial charge in [-0.15, -0.1) is 0 Å². The lowest BCUT2D eigenvalue weighted by molar-refractivity contribution is 0.0697. The molecule has 5 N–H and O–H groups in total. The molecule has 150 valence electrons. The van der Waals surface area contributed by atoms with E-state index in [2.05, 4.69) is 14.9 Å². The Kier molecular flexibility index (Phi) is 4.84. The van der Waals surface area contributed by atoms with Crippen LogP contribution in [-0.2, 0) is 4.74 Å². The number of benzene rings is 1. The molecule has 4 rings (SSSR count). The number of rotatable bonds is 3. The van der Waals surface area contributed by atoms with Gasteiger partial charge < -0.3 is 26.2 Å². The highest BCUT2D eigenvalue weighted by atomic mass is 16.5. The summed E-state index contributed by atoms with van der Waals surface area (Å²) < 4.78 is 5.43. The van der Waals surface area contributed by atoms with Crippen LogP contribution in [-0.4, -0.2) is 55.0 Å². The first-order chi connectivity index (χ1) is 13.5. The number of anilines is 2. The third kappa shape index (κ3) is 3.26. The van der Waals surface area contributed by atoms with Crippen LogP contribution in [0.2, 0.25) is 0 Å². The molecular formula is C19H26N6O3. The van der Waals surface area contributed by atoms with Gasteiger partial charge in [-0.05, 0) is 43.9 Å². The molecule has 1 spiro atoms. The normalized spacial score (nSPS) is 22.0. The molecule has 1 aromatic carbocycles. The Balaban J connectivity index is 1.82. The number of guanidine groups is 2. The van der Waals surface area contributed by atoms with Gasteiger partial charge in [-0.25, -0.2) is 9.79 Å². The van der Waals surface area contributed by atoms with Crippen molar-refractivity contribution < 1.29 is 14.6 Å². The number of ether oxygens (including phenoxy) is 1. The zero-order valence-electron chi connectivity index (χ0n) is 15.8. The van der Waals surface area contributed by atoms with E-state index < -0.39 is 11.6 Å². The lowest BCUT2D eigenvalue weighted by Gasteiger charge is -2.46. The summed E-state index contributed by atoms with van der Waals surface area (Å²) in [5.41, 5.74) is 13.2. The summed E-state index contributed by atoms with van der Waals surface area (Å²) in [5.74, 6) is -0.669.